The number of carboxylic acid groups (broad SMARTS) is 1. The molecule has 0 aromatic heterocycles. The molecule has 1 rings (SSSR count). The molecule has 0 bridgehead atoms. The van der Waals surface area contributed by atoms with E-state index in [0.29, 0.717) is 23.6 Å². The minimum Gasteiger partial charge on any atom is -0.493 e. The molecule has 1 aromatic carbocycles. The summed E-state index contributed by atoms with van der Waals surface area (Å²) in [5.41, 5.74) is 6.12. The van der Waals surface area contributed by atoms with Gasteiger partial charge in [0.25, 0.3) is 0 Å². The Morgan fingerprint density at radius 1 is 1.41 bits per heavy atom. The molecular weight excluding hydrogens is 222 g/mol. The van der Waals surface area contributed by atoms with E-state index in [2.05, 4.69) is 0 Å². The molecule has 0 unspecified atom stereocenters. The van der Waals surface area contributed by atoms with Crippen molar-refractivity contribution < 1.29 is 19.4 Å². The number of hydrogen-bond acceptors (Lipinski definition) is 4. The highest BCUT2D eigenvalue weighted by atomic mass is 16.5. The van der Waals surface area contributed by atoms with E-state index in [9.17, 15) is 4.79 Å². The number of carbonyl (C=O) groups is 1. The van der Waals surface area contributed by atoms with Crippen LogP contribution in [0.1, 0.15) is 15.9 Å². The molecule has 0 saturated carbocycles. The molecule has 0 heterocycles. The second-order valence-electron chi connectivity index (χ2n) is 3.24. The minimum atomic E-state index is -1.02. The van der Waals surface area contributed by atoms with Crippen LogP contribution in [0.5, 0.6) is 11.5 Å². The molecule has 1 aromatic rings. The van der Waals surface area contributed by atoms with Gasteiger partial charge in [-0.1, -0.05) is 12.2 Å². The van der Waals surface area contributed by atoms with Crippen molar-refractivity contribution in [2.24, 2.45) is 5.73 Å². The van der Waals surface area contributed by atoms with Gasteiger partial charge in [-0.15, -0.1) is 0 Å². The second kappa shape index (κ2) is 5.91. The Labute approximate surface area is 99.5 Å². The Kier molecular flexibility index (Phi) is 4.54. The van der Waals surface area contributed by atoms with Gasteiger partial charge in [-0.05, 0) is 12.1 Å². The zero-order valence-electron chi connectivity index (χ0n) is 9.77. The van der Waals surface area contributed by atoms with E-state index >= 15 is 0 Å². The van der Waals surface area contributed by atoms with Crippen LogP contribution in [0.3, 0.4) is 0 Å². The number of nitrogens with two attached hydrogens (primary N) is 1. The number of hydrogen-bond donors (Lipinski definition) is 2. The first-order valence-electron chi connectivity index (χ1n) is 5.00. The Hall–Kier alpha value is -2.01. The quantitative estimate of drug-likeness (QED) is 0.808. The lowest BCUT2D eigenvalue weighted by molar-refractivity contribution is 0.0696. The predicted octanol–water partition coefficient (Wildman–Crippen LogP) is 1.37. The van der Waals surface area contributed by atoms with Crippen molar-refractivity contribution in [3.05, 3.63) is 29.3 Å². The summed E-state index contributed by atoms with van der Waals surface area (Å²) in [5.74, 6) is -0.153. The van der Waals surface area contributed by atoms with Crippen LogP contribution < -0.4 is 15.2 Å². The summed E-state index contributed by atoms with van der Waals surface area (Å²) in [6.07, 6.45) is 3.41. The third kappa shape index (κ3) is 2.98. The molecule has 3 N–H and O–H groups in total. The van der Waals surface area contributed by atoms with Gasteiger partial charge < -0.3 is 20.3 Å². The predicted molar refractivity (Wildman–Crippen MR) is 64.6 cm³/mol. The number of rotatable bonds is 5. The summed E-state index contributed by atoms with van der Waals surface area (Å²) in [5, 5.41) is 8.97. The Bertz CT molecular complexity index is 440. The number of carboxylic acids is 1. The molecule has 0 saturated heterocycles. The molecule has 0 aliphatic heterocycles. The monoisotopic (exact) mass is 237 g/mol. The number of benzene rings is 1. The van der Waals surface area contributed by atoms with Crippen LogP contribution >= 0.6 is 0 Å². The van der Waals surface area contributed by atoms with Gasteiger partial charge in [-0.25, -0.2) is 4.79 Å². The van der Waals surface area contributed by atoms with Crippen molar-refractivity contribution >= 4 is 12.0 Å². The van der Waals surface area contributed by atoms with Crippen molar-refractivity contribution in [3.8, 4) is 11.5 Å². The molecule has 0 radical (unpaired) electrons. The first-order valence-corrected chi connectivity index (χ1v) is 5.00. The Morgan fingerprint density at radius 3 is 2.59 bits per heavy atom. The normalized spacial score (nSPS) is 10.5. The van der Waals surface area contributed by atoms with Crippen molar-refractivity contribution in [1.82, 2.24) is 0 Å². The van der Waals surface area contributed by atoms with Gasteiger partial charge in [-0.2, -0.15) is 0 Å². The number of aromatic carboxylic acids is 1. The third-order valence-electron chi connectivity index (χ3n) is 2.19. The highest BCUT2D eigenvalue weighted by Crippen LogP contribution is 2.33. The van der Waals surface area contributed by atoms with Crippen molar-refractivity contribution in [2.75, 3.05) is 20.8 Å². The molecule has 0 amide bonds. The lowest BCUT2D eigenvalue weighted by atomic mass is 10.1. The number of methoxy groups -OCH3 is 2. The molecule has 5 heteroatoms. The SMILES string of the molecule is COc1cc(C(=O)O)cc(/C=C/CN)c1OC. The van der Waals surface area contributed by atoms with E-state index < -0.39 is 5.97 Å². The lowest BCUT2D eigenvalue weighted by Gasteiger charge is -2.11. The van der Waals surface area contributed by atoms with Gasteiger partial charge in [0.2, 0.25) is 0 Å². The van der Waals surface area contributed by atoms with Crippen LogP contribution in [-0.2, 0) is 0 Å². The van der Waals surface area contributed by atoms with E-state index in [1.807, 2.05) is 0 Å². The van der Waals surface area contributed by atoms with Crippen LogP contribution in [0, 0.1) is 0 Å². The molecule has 17 heavy (non-hydrogen) atoms. The molecule has 0 atom stereocenters. The maximum atomic E-state index is 10.9. The fraction of sp³-hybridized carbons (Fsp3) is 0.250. The lowest BCUT2D eigenvalue weighted by Crippen LogP contribution is -2.01. The van der Waals surface area contributed by atoms with E-state index in [1.54, 1.807) is 12.2 Å². The van der Waals surface area contributed by atoms with Gasteiger partial charge in [-0.3, -0.25) is 0 Å². The van der Waals surface area contributed by atoms with Gasteiger partial charge in [0.05, 0.1) is 19.8 Å². The first-order chi connectivity index (χ1) is 8.13. The molecule has 5 nitrogen and oxygen atoms in total. The van der Waals surface area contributed by atoms with Crippen molar-refractivity contribution in [2.45, 2.75) is 0 Å². The Morgan fingerprint density at radius 2 is 2.12 bits per heavy atom. The van der Waals surface area contributed by atoms with Crippen molar-refractivity contribution in [1.29, 1.82) is 0 Å². The maximum Gasteiger partial charge on any atom is 0.335 e. The van der Waals surface area contributed by atoms with E-state index in [-0.39, 0.29) is 5.56 Å². The topological polar surface area (TPSA) is 81.8 Å². The van der Waals surface area contributed by atoms with Gasteiger partial charge in [0, 0.05) is 12.1 Å². The summed E-state index contributed by atoms with van der Waals surface area (Å²) >= 11 is 0. The van der Waals surface area contributed by atoms with E-state index in [1.165, 1.54) is 26.4 Å². The third-order valence-corrected chi connectivity index (χ3v) is 2.19. The second-order valence-corrected chi connectivity index (χ2v) is 3.24. The first kappa shape index (κ1) is 13.1. The summed E-state index contributed by atoms with van der Waals surface area (Å²) in [6.45, 7) is 0.364. The fourth-order valence-electron chi connectivity index (χ4n) is 1.44. The molecule has 0 spiro atoms. The molecular formula is C12H15NO4. The van der Waals surface area contributed by atoms with Crippen LogP contribution in [-0.4, -0.2) is 31.8 Å². The summed E-state index contributed by atoms with van der Waals surface area (Å²) in [4.78, 5) is 10.9. The zero-order valence-corrected chi connectivity index (χ0v) is 9.77. The van der Waals surface area contributed by atoms with Crippen LogP contribution in [0.4, 0.5) is 0 Å². The Balaban J connectivity index is 3.36. The molecule has 0 aliphatic rings. The summed E-state index contributed by atoms with van der Waals surface area (Å²) < 4.78 is 10.3. The highest BCUT2D eigenvalue weighted by molar-refractivity contribution is 5.90. The standard InChI is InChI=1S/C12H15NO4/c1-16-10-7-9(12(14)15)6-8(4-3-5-13)11(10)17-2/h3-4,6-7H,5,13H2,1-2H3,(H,14,15)/b4-3+. The molecule has 92 valence electrons. The molecule has 0 fully saturated rings. The van der Waals surface area contributed by atoms with E-state index in [0.717, 1.165) is 0 Å². The average Bonchev–Trinajstić information content (AvgIpc) is 2.34. The largest absolute Gasteiger partial charge is 0.493 e. The summed E-state index contributed by atoms with van der Waals surface area (Å²) in [6, 6.07) is 2.93. The molecule has 0 aliphatic carbocycles. The average molecular weight is 237 g/mol. The van der Waals surface area contributed by atoms with Crippen molar-refractivity contribution in [3.63, 3.8) is 0 Å². The van der Waals surface area contributed by atoms with Crippen LogP contribution in [0.15, 0.2) is 18.2 Å². The highest BCUT2D eigenvalue weighted by Gasteiger charge is 2.13. The van der Waals surface area contributed by atoms with Gasteiger partial charge in [0.15, 0.2) is 11.5 Å². The van der Waals surface area contributed by atoms with Gasteiger partial charge >= 0.3 is 5.97 Å². The zero-order chi connectivity index (χ0) is 12.8. The maximum absolute atomic E-state index is 10.9. The van der Waals surface area contributed by atoms with Gasteiger partial charge in [0.1, 0.15) is 0 Å². The fourth-order valence-corrected chi connectivity index (χ4v) is 1.44. The minimum absolute atomic E-state index is 0.138. The summed E-state index contributed by atoms with van der Waals surface area (Å²) in [7, 11) is 2.96. The number of ether oxygens (including phenoxy) is 2. The van der Waals surface area contributed by atoms with Crippen LogP contribution in [0.25, 0.3) is 6.08 Å². The van der Waals surface area contributed by atoms with E-state index in [4.69, 9.17) is 20.3 Å². The smallest absolute Gasteiger partial charge is 0.335 e. The van der Waals surface area contributed by atoms with Crippen LogP contribution in [0.2, 0.25) is 0 Å².